The Labute approximate surface area is 209 Å². The van der Waals surface area contributed by atoms with Gasteiger partial charge in [-0.05, 0) is 43.5 Å². The Morgan fingerprint density at radius 3 is 2.23 bits per heavy atom. The van der Waals surface area contributed by atoms with Gasteiger partial charge in [-0.15, -0.1) is 0 Å². The molecule has 1 fully saturated rings. The SMILES string of the molecule is CCOC(=O)C1C(C(=O)OCc2ccccc2)=C(O[Si](C)(C)C(C)(C)C)C(=O)N1C1CCCCC1. The highest BCUT2D eigenvalue weighted by Gasteiger charge is 2.53. The summed E-state index contributed by atoms with van der Waals surface area (Å²) in [7, 11) is -2.51. The van der Waals surface area contributed by atoms with Crippen LogP contribution in [0.25, 0.3) is 0 Å². The van der Waals surface area contributed by atoms with Crippen LogP contribution in [0.1, 0.15) is 65.4 Å². The van der Waals surface area contributed by atoms with Gasteiger partial charge in [0.25, 0.3) is 14.2 Å². The molecule has 0 N–H and O–H groups in total. The topological polar surface area (TPSA) is 82.1 Å². The third-order valence-electron chi connectivity index (χ3n) is 7.30. The van der Waals surface area contributed by atoms with E-state index >= 15 is 0 Å². The van der Waals surface area contributed by atoms with E-state index in [0.717, 1.165) is 37.7 Å². The molecule has 1 unspecified atom stereocenters. The molecule has 1 aliphatic carbocycles. The van der Waals surface area contributed by atoms with Crippen molar-refractivity contribution in [2.24, 2.45) is 0 Å². The van der Waals surface area contributed by atoms with Gasteiger partial charge in [-0.2, -0.15) is 0 Å². The molecule has 1 aromatic carbocycles. The maximum atomic E-state index is 13.9. The molecule has 1 aromatic rings. The first-order valence-electron chi connectivity index (χ1n) is 12.6. The number of carbonyl (C=O) groups excluding carboxylic acids is 3. The molecule has 8 heteroatoms. The summed E-state index contributed by atoms with van der Waals surface area (Å²) in [5.41, 5.74) is 0.786. The fraction of sp³-hybridized carbons (Fsp3) is 0.593. The summed E-state index contributed by atoms with van der Waals surface area (Å²) >= 11 is 0. The zero-order valence-corrected chi connectivity index (χ0v) is 22.9. The van der Waals surface area contributed by atoms with Crippen molar-refractivity contribution < 1.29 is 28.3 Å². The fourth-order valence-electron chi connectivity index (χ4n) is 4.31. The number of rotatable bonds is 8. The van der Waals surface area contributed by atoms with Crippen LogP contribution >= 0.6 is 0 Å². The molecule has 192 valence electrons. The zero-order valence-electron chi connectivity index (χ0n) is 21.9. The lowest BCUT2D eigenvalue weighted by Gasteiger charge is -2.37. The van der Waals surface area contributed by atoms with Crippen molar-refractivity contribution in [2.75, 3.05) is 6.61 Å². The number of amides is 1. The summed E-state index contributed by atoms with van der Waals surface area (Å²) in [6.07, 6.45) is 4.59. The lowest BCUT2D eigenvalue weighted by atomic mass is 9.93. The zero-order chi connectivity index (χ0) is 25.8. The Kier molecular flexibility index (Phi) is 8.46. The van der Waals surface area contributed by atoms with E-state index < -0.39 is 32.2 Å². The van der Waals surface area contributed by atoms with Gasteiger partial charge in [-0.25, -0.2) is 9.59 Å². The van der Waals surface area contributed by atoms with E-state index in [9.17, 15) is 14.4 Å². The predicted octanol–water partition coefficient (Wildman–Crippen LogP) is 5.11. The Hall–Kier alpha value is -2.61. The quantitative estimate of drug-likeness (QED) is 0.364. The van der Waals surface area contributed by atoms with Crippen molar-refractivity contribution in [1.82, 2.24) is 4.90 Å². The van der Waals surface area contributed by atoms with E-state index in [2.05, 4.69) is 20.8 Å². The van der Waals surface area contributed by atoms with Crippen molar-refractivity contribution in [3.05, 3.63) is 47.2 Å². The molecule has 2 aliphatic rings. The van der Waals surface area contributed by atoms with E-state index in [0.29, 0.717) is 0 Å². The number of hydrogen-bond donors (Lipinski definition) is 0. The van der Waals surface area contributed by atoms with E-state index in [1.54, 1.807) is 11.8 Å². The normalized spacial score (nSPS) is 19.7. The molecule has 7 nitrogen and oxygen atoms in total. The van der Waals surface area contributed by atoms with Crippen LogP contribution in [0, 0.1) is 0 Å². The summed E-state index contributed by atoms with van der Waals surface area (Å²) in [6.45, 7) is 12.1. The monoisotopic (exact) mass is 501 g/mol. The minimum atomic E-state index is -2.51. The molecule has 1 atom stereocenters. The number of nitrogens with zero attached hydrogens (tertiary/aromatic N) is 1. The summed E-state index contributed by atoms with van der Waals surface area (Å²) in [5, 5.41) is -0.211. The van der Waals surface area contributed by atoms with Crippen molar-refractivity contribution in [3.63, 3.8) is 0 Å². The van der Waals surface area contributed by atoms with Crippen LogP contribution in [0.2, 0.25) is 18.1 Å². The van der Waals surface area contributed by atoms with E-state index in [-0.39, 0.29) is 35.6 Å². The van der Waals surface area contributed by atoms with Crippen LogP contribution in [0.4, 0.5) is 0 Å². The lowest BCUT2D eigenvalue weighted by molar-refractivity contribution is -0.155. The molecular formula is C27H39NO6Si. The van der Waals surface area contributed by atoms with E-state index in [4.69, 9.17) is 13.9 Å². The third-order valence-corrected chi connectivity index (χ3v) is 11.6. The number of ether oxygens (including phenoxy) is 2. The summed E-state index contributed by atoms with van der Waals surface area (Å²) in [5.74, 6) is -1.79. The standard InChI is InChI=1S/C27H39NO6Si/c1-7-32-26(31)22-21(25(30)33-18-19-14-10-8-11-15-19)23(34-35(5,6)27(2,3)4)24(29)28(22)20-16-12-9-13-17-20/h8,10-11,14-15,20,22H,7,9,12-13,16-18H2,1-6H3. The molecule has 1 amide bonds. The second kappa shape index (κ2) is 11.0. The van der Waals surface area contributed by atoms with Gasteiger partial charge in [0.2, 0.25) is 0 Å². The van der Waals surface area contributed by atoms with Gasteiger partial charge >= 0.3 is 11.9 Å². The van der Waals surface area contributed by atoms with Crippen LogP contribution in [0.15, 0.2) is 41.7 Å². The second-order valence-corrected chi connectivity index (χ2v) is 15.6. The highest BCUT2D eigenvalue weighted by atomic mass is 28.4. The Bertz CT molecular complexity index is 960. The van der Waals surface area contributed by atoms with Crippen molar-refractivity contribution in [1.29, 1.82) is 0 Å². The van der Waals surface area contributed by atoms with Crippen LogP contribution in [0.5, 0.6) is 0 Å². The first-order valence-corrected chi connectivity index (χ1v) is 15.5. The molecule has 1 heterocycles. The predicted molar refractivity (Wildman–Crippen MR) is 136 cm³/mol. The highest BCUT2D eigenvalue weighted by Crippen LogP contribution is 2.42. The lowest BCUT2D eigenvalue weighted by Crippen LogP contribution is -2.50. The molecule has 0 bridgehead atoms. The highest BCUT2D eigenvalue weighted by molar-refractivity contribution is 6.74. The molecule has 0 saturated heterocycles. The Morgan fingerprint density at radius 2 is 1.66 bits per heavy atom. The molecule has 35 heavy (non-hydrogen) atoms. The van der Waals surface area contributed by atoms with Gasteiger partial charge in [0.05, 0.1) is 6.61 Å². The number of benzene rings is 1. The Balaban J connectivity index is 2.05. The number of esters is 2. The maximum absolute atomic E-state index is 13.9. The molecule has 1 saturated carbocycles. The van der Waals surface area contributed by atoms with Gasteiger partial charge in [0.1, 0.15) is 12.2 Å². The largest absolute Gasteiger partial charge is 0.539 e. The van der Waals surface area contributed by atoms with Gasteiger partial charge in [-0.1, -0.05) is 70.4 Å². The molecule has 3 rings (SSSR count). The van der Waals surface area contributed by atoms with E-state index in [1.165, 1.54) is 0 Å². The van der Waals surface area contributed by atoms with Crippen molar-refractivity contribution >= 4 is 26.2 Å². The van der Waals surface area contributed by atoms with Gasteiger partial charge < -0.3 is 18.8 Å². The van der Waals surface area contributed by atoms with Crippen molar-refractivity contribution in [3.8, 4) is 0 Å². The smallest absolute Gasteiger partial charge is 0.341 e. The van der Waals surface area contributed by atoms with Crippen LogP contribution < -0.4 is 0 Å². The van der Waals surface area contributed by atoms with Crippen LogP contribution in [-0.2, 0) is 34.9 Å². The maximum Gasteiger partial charge on any atom is 0.341 e. The minimum Gasteiger partial charge on any atom is -0.539 e. The van der Waals surface area contributed by atoms with Crippen LogP contribution in [0.3, 0.4) is 0 Å². The molecule has 0 spiro atoms. The summed E-state index contributed by atoms with van der Waals surface area (Å²) < 4.78 is 17.5. The van der Waals surface area contributed by atoms with Crippen LogP contribution in [-0.4, -0.2) is 49.8 Å². The third kappa shape index (κ3) is 5.97. The molecule has 0 radical (unpaired) electrons. The molecule has 1 aliphatic heterocycles. The first kappa shape index (κ1) is 27.0. The number of carbonyl (C=O) groups is 3. The van der Waals surface area contributed by atoms with Gasteiger partial charge in [0, 0.05) is 6.04 Å². The number of hydrogen-bond acceptors (Lipinski definition) is 6. The summed E-state index contributed by atoms with van der Waals surface area (Å²) in [4.78, 5) is 42.2. The first-order chi connectivity index (χ1) is 16.5. The molecule has 0 aromatic heterocycles. The van der Waals surface area contributed by atoms with E-state index in [1.807, 2.05) is 43.4 Å². The van der Waals surface area contributed by atoms with Gasteiger partial charge in [-0.3, -0.25) is 4.79 Å². The molecular weight excluding hydrogens is 462 g/mol. The fourth-order valence-corrected chi connectivity index (χ4v) is 5.33. The minimum absolute atomic E-state index is 0.0280. The average Bonchev–Trinajstić information content (AvgIpc) is 3.10. The van der Waals surface area contributed by atoms with Crippen molar-refractivity contribution in [2.45, 2.75) is 96.6 Å². The van der Waals surface area contributed by atoms with Gasteiger partial charge in [0.15, 0.2) is 11.8 Å². The second-order valence-electron chi connectivity index (χ2n) is 10.8. The Morgan fingerprint density at radius 1 is 1.03 bits per heavy atom. The average molecular weight is 502 g/mol. The summed E-state index contributed by atoms with van der Waals surface area (Å²) in [6, 6.07) is 8.00.